The molecule has 1 aromatic carbocycles. The summed E-state index contributed by atoms with van der Waals surface area (Å²) in [5.41, 5.74) is 0.980. The Labute approximate surface area is 105 Å². The van der Waals surface area contributed by atoms with Gasteiger partial charge in [-0.2, -0.15) is 0 Å². The molecule has 18 heavy (non-hydrogen) atoms. The monoisotopic (exact) mass is 246 g/mol. The predicted octanol–water partition coefficient (Wildman–Crippen LogP) is 1.64. The molecule has 0 atom stereocenters. The lowest BCUT2D eigenvalue weighted by atomic mass is 10.1. The number of aromatic nitrogens is 1. The zero-order valence-corrected chi connectivity index (χ0v) is 10.2. The summed E-state index contributed by atoms with van der Waals surface area (Å²) in [6, 6.07) is 8.62. The van der Waals surface area contributed by atoms with E-state index in [9.17, 15) is 9.59 Å². The van der Waals surface area contributed by atoms with Gasteiger partial charge in [0.2, 0.25) is 6.41 Å². The van der Waals surface area contributed by atoms with Crippen molar-refractivity contribution in [3.05, 3.63) is 42.1 Å². The van der Waals surface area contributed by atoms with Gasteiger partial charge in [-0.15, -0.1) is 0 Å². The van der Waals surface area contributed by atoms with Crippen LogP contribution < -0.4 is 0 Å². The van der Waals surface area contributed by atoms with Gasteiger partial charge in [-0.25, -0.2) is 4.79 Å². The summed E-state index contributed by atoms with van der Waals surface area (Å²) < 4.78 is 0. The van der Waals surface area contributed by atoms with Crippen LogP contribution in [0.25, 0.3) is 10.9 Å². The molecule has 0 bridgehead atoms. The maximum absolute atomic E-state index is 10.6. The number of amides is 1. The normalized spacial score (nSPS) is 9.22. The number of nitrogens with zero attached hydrogens (tertiary/aromatic N) is 2. The molecule has 0 aliphatic carbocycles. The van der Waals surface area contributed by atoms with E-state index in [1.807, 2.05) is 12.1 Å². The maximum atomic E-state index is 10.6. The number of carbonyl (C=O) groups excluding carboxylic acids is 1. The number of fused-ring (bicyclic) bond motifs is 1. The van der Waals surface area contributed by atoms with Gasteiger partial charge in [0.15, 0.2) is 0 Å². The number of hydrogen-bond donors (Lipinski definition) is 1. The highest BCUT2D eigenvalue weighted by atomic mass is 16.4. The average molecular weight is 246 g/mol. The molecule has 2 rings (SSSR count). The molecule has 1 N–H and O–H groups in total. The van der Waals surface area contributed by atoms with Gasteiger partial charge in [0.05, 0.1) is 11.1 Å². The first-order valence-corrected chi connectivity index (χ1v) is 5.24. The number of benzene rings is 1. The van der Waals surface area contributed by atoms with Crippen LogP contribution in [0.2, 0.25) is 0 Å². The summed E-state index contributed by atoms with van der Waals surface area (Å²) in [5.74, 6) is -0.924. The fourth-order valence-electron chi connectivity index (χ4n) is 1.20. The van der Waals surface area contributed by atoms with E-state index in [-0.39, 0.29) is 5.56 Å². The topological polar surface area (TPSA) is 70.5 Å². The Kier molecular flexibility index (Phi) is 4.80. The molecular formula is C13H14N2O3. The highest BCUT2D eigenvalue weighted by Gasteiger charge is 2.02. The lowest BCUT2D eigenvalue weighted by Crippen LogP contribution is -2.06. The van der Waals surface area contributed by atoms with Crippen molar-refractivity contribution in [2.75, 3.05) is 14.1 Å². The number of pyridine rings is 1. The van der Waals surface area contributed by atoms with Crippen LogP contribution in [0, 0.1) is 0 Å². The van der Waals surface area contributed by atoms with Crippen molar-refractivity contribution >= 4 is 23.3 Å². The van der Waals surface area contributed by atoms with Crippen LogP contribution in [-0.4, -0.2) is 41.5 Å². The third-order valence-electron chi connectivity index (χ3n) is 2.06. The summed E-state index contributed by atoms with van der Waals surface area (Å²) in [5, 5.41) is 9.67. The lowest BCUT2D eigenvalue weighted by Gasteiger charge is -1.97. The number of carboxylic acid groups (broad SMARTS) is 1. The third-order valence-corrected chi connectivity index (χ3v) is 2.06. The molecule has 0 aliphatic rings. The summed E-state index contributed by atoms with van der Waals surface area (Å²) in [6.07, 6.45) is 2.40. The quantitative estimate of drug-likeness (QED) is 0.818. The molecule has 0 fully saturated rings. The van der Waals surface area contributed by atoms with Gasteiger partial charge >= 0.3 is 5.97 Å². The molecule has 1 amide bonds. The zero-order valence-electron chi connectivity index (χ0n) is 10.2. The van der Waals surface area contributed by atoms with Crippen LogP contribution in [0.3, 0.4) is 0 Å². The van der Waals surface area contributed by atoms with Crippen LogP contribution in [-0.2, 0) is 4.79 Å². The number of carbonyl (C=O) groups is 2. The highest BCUT2D eigenvalue weighted by molar-refractivity contribution is 5.92. The first-order chi connectivity index (χ1) is 8.54. The molecular weight excluding hydrogens is 232 g/mol. The number of aromatic carboxylic acids is 1. The fraction of sp³-hybridized carbons (Fsp3) is 0.154. The van der Waals surface area contributed by atoms with Gasteiger partial charge in [0.1, 0.15) is 0 Å². The minimum absolute atomic E-state index is 0.270. The van der Waals surface area contributed by atoms with Crippen molar-refractivity contribution in [3.8, 4) is 0 Å². The van der Waals surface area contributed by atoms with E-state index in [1.165, 1.54) is 4.90 Å². The standard InChI is InChI=1S/C10H7NO2.C3H7NO/c12-10(13)8-4-3-7-2-1-5-11-9(7)6-8;1-4(2)3-5/h1-6H,(H,12,13);3H,1-2H3. The Morgan fingerprint density at radius 3 is 2.56 bits per heavy atom. The van der Waals surface area contributed by atoms with E-state index < -0.39 is 5.97 Å². The van der Waals surface area contributed by atoms with E-state index in [1.54, 1.807) is 38.5 Å². The minimum atomic E-state index is -0.924. The molecule has 1 aromatic heterocycles. The van der Waals surface area contributed by atoms with Gasteiger partial charge in [-0.1, -0.05) is 12.1 Å². The van der Waals surface area contributed by atoms with Crippen LogP contribution in [0.5, 0.6) is 0 Å². The van der Waals surface area contributed by atoms with Gasteiger partial charge in [-0.05, 0) is 18.2 Å². The molecule has 0 spiro atoms. The van der Waals surface area contributed by atoms with E-state index in [2.05, 4.69) is 4.98 Å². The highest BCUT2D eigenvalue weighted by Crippen LogP contribution is 2.12. The van der Waals surface area contributed by atoms with E-state index in [4.69, 9.17) is 5.11 Å². The van der Waals surface area contributed by atoms with Gasteiger partial charge in [0, 0.05) is 25.7 Å². The number of carboxylic acids is 1. The Morgan fingerprint density at radius 2 is 2.00 bits per heavy atom. The van der Waals surface area contributed by atoms with Crippen LogP contribution in [0.1, 0.15) is 10.4 Å². The molecule has 0 saturated carbocycles. The summed E-state index contributed by atoms with van der Waals surface area (Å²) in [6.45, 7) is 0. The summed E-state index contributed by atoms with van der Waals surface area (Å²) in [4.78, 5) is 25.6. The molecule has 2 aromatic rings. The second-order valence-electron chi connectivity index (χ2n) is 3.79. The number of hydrogen-bond acceptors (Lipinski definition) is 3. The largest absolute Gasteiger partial charge is 0.478 e. The maximum Gasteiger partial charge on any atom is 0.335 e. The summed E-state index contributed by atoms with van der Waals surface area (Å²) in [7, 11) is 3.38. The Balaban J connectivity index is 0.000000280. The van der Waals surface area contributed by atoms with E-state index in [0.717, 1.165) is 11.8 Å². The van der Waals surface area contributed by atoms with Gasteiger partial charge in [-0.3, -0.25) is 9.78 Å². The van der Waals surface area contributed by atoms with Crippen molar-refractivity contribution < 1.29 is 14.7 Å². The van der Waals surface area contributed by atoms with Crippen molar-refractivity contribution in [1.82, 2.24) is 9.88 Å². The van der Waals surface area contributed by atoms with Crippen molar-refractivity contribution in [2.45, 2.75) is 0 Å². The third kappa shape index (κ3) is 3.86. The lowest BCUT2D eigenvalue weighted by molar-refractivity contribution is -0.115. The van der Waals surface area contributed by atoms with Crippen LogP contribution >= 0.6 is 0 Å². The molecule has 5 heteroatoms. The molecule has 5 nitrogen and oxygen atoms in total. The molecule has 94 valence electrons. The minimum Gasteiger partial charge on any atom is -0.478 e. The molecule has 1 heterocycles. The fourth-order valence-corrected chi connectivity index (χ4v) is 1.20. The second kappa shape index (κ2) is 6.34. The van der Waals surface area contributed by atoms with Crippen molar-refractivity contribution in [1.29, 1.82) is 0 Å². The average Bonchev–Trinajstić information content (AvgIpc) is 2.38. The first kappa shape index (κ1) is 13.6. The number of rotatable bonds is 2. The Hall–Kier alpha value is -2.43. The Bertz CT molecular complexity index is 553. The van der Waals surface area contributed by atoms with Crippen LogP contribution in [0.15, 0.2) is 36.5 Å². The molecule has 0 radical (unpaired) electrons. The molecule has 0 saturated heterocycles. The Morgan fingerprint density at radius 1 is 1.33 bits per heavy atom. The van der Waals surface area contributed by atoms with Crippen molar-refractivity contribution in [3.63, 3.8) is 0 Å². The molecule has 0 unspecified atom stereocenters. The van der Waals surface area contributed by atoms with Crippen LogP contribution in [0.4, 0.5) is 0 Å². The first-order valence-electron chi connectivity index (χ1n) is 5.24. The van der Waals surface area contributed by atoms with E-state index in [0.29, 0.717) is 5.52 Å². The smallest absolute Gasteiger partial charge is 0.335 e. The summed E-state index contributed by atoms with van der Waals surface area (Å²) >= 11 is 0. The van der Waals surface area contributed by atoms with Gasteiger partial charge in [0.25, 0.3) is 0 Å². The van der Waals surface area contributed by atoms with Crippen molar-refractivity contribution in [2.24, 2.45) is 0 Å². The second-order valence-corrected chi connectivity index (χ2v) is 3.79. The van der Waals surface area contributed by atoms with E-state index >= 15 is 0 Å². The zero-order chi connectivity index (χ0) is 13.5. The van der Waals surface area contributed by atoms with Gasteiger partial charge < -0.3 is 10.0 Å². The predicted molar refractivity (Wildman–Crippen MR) is 68.5 cm³/mol. The SMILES string of the molecule is CN(C)C=O.O=C(O)c1ccc2cccnc2c1. The molecule has 0 aliphatic heterocycles.